The van der Waals surface area contributed by atoms with Crippen molar-refractivity contribution in [3.63, 3.8) is 0 Å². The van der Waals surface area contributed by atoms with Gasteiger partial charge in [0.2, 0.25) is 0 Å². The number of H-pyrrole nitrogens is 1. The highest BCUT2D eigenvalue weighted by molar-refractivity contribution is 5.94. The predicted molar refractivity (Wildman–Crippen MR) is 119 cm³/mol. The Kier molecular flexibility index (Phi) is 3.78. The van der Waals surface area contributed by atoms with Crippen LogP contribution in [0.15, 0.2) is 18.7 Å². The molecule has 2 saturated heterocycles. The number of nitrogens with zero attached hydrogens (tertiary/aromatic N) is 5. The summed E-state index contributed by atoms with van der Waals surface area (Å²) in [6.45, 7) is 12.1. The summed E-state index contributed by atoms with van der Waals surface area (Å²) in [5.41, 5.74) is 7.01. The summed E-state index contributed by atoms with van der Waals surface area (Å²) >= 11 is 0. The van der Waals surface area contributed by atoms with E-state index in [1.54, 1.807) is 17.0 Å². The second kappa shape index (κ2) is 6.26. The van der Waals surface area contributed by atoms with E-state index in [1.807, 2.05) is 6.20 Å². The van der Waals surface area contributed by atoms with Gasteiger partial charge in [0.1, 0.15) is 6.33 Å². The van der Waals surface area contributed by atoms with Gasteiger partial charge in [-0.25, -0.2) is 18.9 Å². The van der Waals surface area contributed by atoms with E-state index >= 15 is 4.39 Å². The van der Waals surface area contributed by atoms with E-state index in [0.29, 0.717) is 16.6 Å². The second-order valence-electron chi connectivity index (χ2n) is 9.53. The SMILES string of the molecule is Cc1c(-c2[nH]c3cnc(N4CC5(CNC5)C4)c(F)c3c2C(C)C)cn2ncnc2c1C. The molecule has 2 aliphatic heterocycles. The lowest BCUT2D eigenvalue weighted by Crippen LogP contribution is -2.71. The Labute approximate surface area is 179 Å². The van der Waals surface area contributed by atoms with E-state index in [-0.39, 0.29) is 11.7 Å². The number of nitrogens with one attached hydrogen (secondary N) is 2. The van der Waals surface area contributed by atoms with Gasteiger partial charge in [0.05, 0.1) is 17.4 Å². The van der Waals surface area contributed by atoms with Crippen molar-refractivity contribution in [3.8, 4) is 11.3 Å². The van der Waals surface area contributed by atoms with E-state index in [0.717, 1.165) is 65.3 Å². The van der Waals surface area contributed by atoms with E-state index in [2.05, 4.69) is 58.0 Å². The standard InChI is InChI=1S/C23H26FN7/c1-12(2)17-18-16(5-26-22(19(18)24)30-9-23(10-30)7-25-8-23)29-20(17)15-6-31-21(27-11-28-31)14(4)13(15)3/h5-6,11-12,25,29H,7-10H2,1-4H3. The largest absolute Gasteiger partial charge is 0.353 e. The normalized spacial score (nSPS) is 17.7. The number of aromatic amines is 1. The Morgan fingerprint density at radius 3 is 2.58 bits per heavy atom. The highest BCUT2D eigenvalue weighted by atomic mass is 19.1. The molecule has 0 aliphatic carbocycles. The number of rotatable bonds is 3. The second-order valence-corrected chi connectivity index (χ2v) is 9.53. The lowest BCUT2D eigenvalue weighted by atomic mass is 9.74. The molecule has 0 aromatic carbocycles. The lowest BCUT2D eigenvalue weighted by Gasteiger charge is -2.56. The van der Waals surface area contributed by atoms with Crippen molar-refractivity contribution in [1.82, 2.24) is 29.9 Å². The molecular weight excluding hydrogens is 393 g/mol. The Bertz CT molecular complexity index is 1340. The number of fused-ring (bicyclic) bond motifs is 2. The van der Waals surface area contributed by atoms with E-state index in [1.165, 1.54) is 0 Å². The van der Waals surface area contributed by atoms with Crippen LogP contribution in [0, 0.1) is 25.1 Å². The summed E-state index contributed by atoms with van der Waals surface area (Å²) in [4.78, 5) is 14.4. The minimum absolute atomic E-state index is 0.137. The van der Waals surface area contributed by atoms with Crippen LogP contribution in [0.2, 0.25) is 0 Å². The number of anilines is 1. The molecular formula is C23H26FN7. The summed E-state index contributed by atoms with van der Waals surface area (Å²) in [5.74, 6) is 0.386. The molecule has 0 unspecified atom stereocenters. The van der Waals surface area contributed by atoms with Crippen LogP contribution in [-0.4, -0.2) is 50.7 Å². The fourth-order valence-electron chi connectivity index (χ4n) is 5.24. The zero-order chi connectivity index (χ0) is 21.5. The number of hydrogen-bond acceptors (Lipinski definition) is 5. The molecule has 1 spiro atoms. The smallest absolute Gasteiger partial charge is 0.175 e. The first-order chi connectivity index (χ1) is 14.9. The molecule has 2 fully saturated rings. The zero-order valence-corrected chi connectivity index (χ0v) is 18.3. The number of halogens is 1. The molecule has 2 N–H and O–H groups in total. The molecule has 8 heteroatoms. The van der Waals surface area contributed by atoms with Gasteiger partial charge in [0.25, 0.3) is 0 Å². The van der Waals surface area contributed by atoms with Gasteiger partial charge in [0.15, 0.2) is 17.3 Å². The van der Waals surface area contributed by atoms with Crippen molar-refractivity contribution in [2.24, 2.45) is 5.41 Å². The Morgan fingerprint density at radius 1 is 1.13 bits per heavy atom. The topological polar surface area (TPSA) is 74.1 Å². The molecule has 0 bridgehead atoms. The molecule has 7 nitrogen and oxygen atoms in total. The van der Waals surface area contributed by atoms with Crippen LogP contribution in [0.4, 0.5) is 10.2 Å². The number of aromatic nitrogens is 5. The van der Waals surface area contributed by atoms with Crippen LogP contribution in [0.25, 0.3) is 27.8 Å². The lowest BCUT2D eigenvalue weighted by molar-refractivity contribution is 0.119. The van der Waals surface area contributed by atoms with Gasteiger partial charge in [-0.2, -0.15) is 5.10 Å². The van der Waals surface area contributed by atoms with Crippen LogP contribution >= 0.6 is 0 Å². The van der Waals surface area contributed by atoms with E-state index < -0.39 is 0 Å². The fraction of sp³-hybridized carbons (Fsp3) is 0.435. The van der Waals surface area contributed by atoms with Crippen LogP contribution in [0.3, 0.4) is 0 Å². The minimum atomic E-state index is -0.220. The third-order valence-corrected chi connectivity index (χ3v) is 7.12. The van der Waals surface area contributed by atoms with Crippen molar-refractivity contribution >= 4 is 22.4 Å². The van der Waals surface area contributed by atoms with Gasteiger partial charge in [-0.15, -0.1) is 0 Å². The molecule has 160 valence electrons. The molecule has 4 aromatic rings. The minimum Gasteiger partial charge on any atom is -0.353 e. The number of hydrogen-bond donors (Lipinski definition) is 2. The molecule has 0 atom stereocenters. The number of aryl methyl sites for hydroxylation is 1. The maximum atomic E-state index is 15.9. The molecule has 0 saturated carbocycles. The first-order valence-electron chi connectivity index (χ1n) is 10.8. The third-order valence-electron chi connectivity index (χ3n) is 7.12. The Morgan fingerprint density at radius 2 is 1.90 bits per heavy atom. The summed E-state index contributed by atoms with van der Waals surface area (Å²) in [7, 11) is 0. The molecule has 0 radical (unpaired) electrons. The van der Waals surface area contributed by atoms with Crippen LogP contribution in [-0.2, 0) is 0 Å². The van der Waals surface area contributed by atoms with Gasteiger partial charge < -0.3 is 15.2 Å². The summed E-state index contributed by atoms with van der Waals surface area (Å²) in [5, 5.41) is 8.31. The Hall–Kier alpha value is -3.00. The number of pyridine rings is 2. The average molecular weight is 420 g/mol. The third kappa shape index (κ3) is 2.51. The Balaban J connectivity index is 1.54. The van der Waals surface area contributed by atoms with Crippen LogP contribution < -0.4 is 10.2 Å². The van der Waals surface area contributed by atoms with Gasteiger partial charge in [-0.3, -0.25) is 0 Å². The van der Waals surface area contributed by atoms with E-state index in [9.17, 15) is 0 Å². The highest BCUT2D eigenvalue weighted by Crippen LogP contribution is 2.43. The average Bonchev–Trinajstić information content (AvgIpc) is 3.28. The van der Waals surface area contributed by atoms with E-state index in [4.69, 9.17) is 0 Å². The van der Waals surface area contributed by atoms with Gasteiger partial charge in [-0.05, 0) is 36.5 Å². The molecule has 6 heterocycles. The monoisotopic (exact) mass is 419 g/mol. The fourth-order valence-corrected chi connectivity index (χ4v) is 5.24. The highest BCUT2D eigenvalue weighted by Gasteiger charge is 2.48. The maximum absolute atomic E-state index is 15.9. The zero-order valence-electron chi connectivity index (χ0n) is 18.3. The quantitative estimate of drug-likeness (QED) is 0.531. The van der Waals surface area contributed by atoms with Crippen molar-refractivity contribution in [3.05, 3.63) is 41.2 Å². The first kappa shape index (κ1) is 18.7. The maximum Gasteiger partial charge on any atom is 0.175 e. The van der Waals surface area contributed by atoms with Crippen molar-refractivity contribution in [1.29, 1.82) is 0 Å². The molecule has 4 aromatic heterocycles. The molecule has 2 aliphatic rings. The molecule has 0 amide bonds. The van der Waals surface area contributed by atoms with Crippen LogP contribution in [0.5, 0.6) is 0 Å². The molecule has 6 rings (SSSR count). The predicted octanol–water partition coefficient (Wildman–Crippen LogP) is 3.56. The van der Waals surface area contributed by atoms with Crippen molar-refractivity contribution in [2.75, 3.05) is 31.1 Å². The van der Waals surface area contributed by atoms with Gasteiger partial charge >= 0.3 is 0 Å². The van der Waals surface area contributed by atoms with Crippen molar-refractivity contribution < 1.29 is 4.39 Å². The van der Waals surface area contributed by atoms with Gasteiger partial charge in [0, 0.05) is 48.7 Å². The summed E-state index contributed by atoms with van der Waals surface area (Å²) < 4.78 is 17.7. The van der Waals surface area contributed by atoms with Crippen molar-refractivity contribution in [2.45, 2.75) is 33.6 Å². The summed E-state index contributed by atoms with van der Waals surface area (Å²) in [6.07, 6.45) is 5.33. The summed E-state index contributed by atoms with van der Waals surface area (Å²) in [6, 6.07) is 0. The molecule has 31 heavy (non-hydrogen) atoms. The van der Waals surface area contributed by atoms with Crippen LogP contribution in [0.1, 0.15) is 36.5 Å². The van der Waals surface area contributed by atoms with Gasteiger partial charge in [-0.1, -0.05) is 13.8 Å². The first-order valence-corrected chi connectivity index (χ1v) is 10.8.